The minimum atomic E-state index is -1.01. The van der Waals surface area contributed by atoms with Crippen molar-refractivity contribution in [2.24, 2.45) is 0 Å². The van der Waals surface area contributed by atoms with E-state index in [4.69, 9.17) is 17.0 Å². The first-order valence-electron chi connectivity index (χ1n) is 7.28. The Hall–Kier alpha value is -2.02. The summed E-state index contributed by atoms with van der Waals surface area (Å²) in [6, 6.07) is 2.80. The van der Waals surface area contributed by atoms with Gasteiger partial charge in [0, 0.05) is 11.7 Å². The smallest absolute Gasteiger partial charge is 0.337 e. The van der Waals surface area contributed by atoms with Crippen LogP contribution in [0.5, 0.6) is 0 Å². The third kappa shape index (κ3) is 2.69. The van der Waals surface area contributed by atoms with Gasteiger partial charge in [0.25, 0.3) is 0 Å². The van der Waals surface area contributed by atoms with Crippen molar-refractivity contribution in [3.8, 4) is 0 Å². The van der Waals surface area contributed by atoms with Crippen LogP contribution in [0.1, 0.15) is 31.4 Å². The summed E-state index contributed by atoms with van der Waals surface area (Å²) in [4.78, 5) is 14.1. The van der Waals surface area contributed by atoms with Crippen LogP contribution in [0.4, 0.5) is 8.78 Å². The summed E-state index contributed by atoms with van der Waals surface area (Å²) >= 11 is 5.34. The fraction of sp³-hybridized carbons (Fsp3) is 0.375. The lowest BCUT2D eigenvalue weighted by Crippen LogP contribution is -2.49. The maximum absolute atomic E-state index is 14.2. The number of hydrogen-bond donors (Lipinski definition) is 1. The van der Waals surface area contributed by atoms with Crippen LogP contribution in [-0.2, 0) is 9.53 Å². The second-order valence-corrected chi connectivity index (χ2v) is 6.00. The molecule has 3 rings (SSSR count). The van der Waals surface area contributed by atoms with Crippen molar-refractivity contribution in [1.82, 2.24) is 10.2 Å². The molecule has 4 nitrogen and oxygen atoms in total. The molecule has 122 valence electrons. The van der Waals surface area contributed by atoms with Gasteiger partial charge in [0.15, 0.2) is 5.11 Å². The third-order valence-electron chi connectivity index (χ3n) is 4.13. The number of ether oxygens (including phenoxy) is 1. The summed E-state index contributed by atoms with van der Waals surface area (Å²) in [7, 11) is 1.24. The van der Waals surface area contributed by atoms with Gasteiger partial charge in [0.1, 0.15) is 11.6 Å². The number of rotatable bonds is 3. The average Bonchev–Trinajstić information content (AvgIpc) is 3.31. The van der Waals surface area contributed by atoms with Crippen LogP contribution in [0.25, 0.3) is 0 Å². The van der Waals surface area contributed by atoms with Crippen molar-refractivity contribution in [3.63, 3.8) is 0 Å². The predicted octanol–water partition coefficient (Wildman–Crippen LogP) is 2.81. The van der Waals surface area contributed by atoms with Gasteiger partial charge >= 0.3 is 5.97 Å². The van der Waals surface area contributed by atoms with Crippen LogP contribution < -0.4 is 5.32 Å². The van der Waals surface area contributed by atoms with E-state index in [1.165, 1.54) is 13.2 Å². The Bertz CT molecular complexity index is 696. The molecule has 0 unspecified atom stereocenters. The van der Waals surface area contributed by atoms with Gasteiger partial charge in [-0.1, -0.05) is 6.07 Å². The molecule has 0 amide bonds. The number of nitrogens with zero attached hydrogens (tertiary/aromatic N) is 1. The minimum Gasteiger partial charge on any atom is -0.466 e. The Labute approximate surface area is 138 Å². The lowest BCUT2D eigenvalue weighted by atomic mass is 9.94. The van der Waals surface area contributed by atoms with E-state index in [1.54, 1.807) is 6.92 Å². The van der Waals surface area contributed by atoms with E-state index in [-0.39, 0.29) is 17.2 Å². The second kappa shape index (κ2) is 5.88. The summed E-state index contributed by atoms with van der Waals surface area (Å²) < 4.78 is 33.2. The first kappa shape index (κ1) is 15.9. The van der Waals surface area contributed by atoms with Crippen LogP contribution in [0, 0.1) is 11.6 Å². The Morgan fingerprint density at radius 3 is 2.48 bits per heavy atom. The number of esters is 1. The van der Waals surface area contributed by atoms with Crippen molar-refractivity contribution in [2.75, 3.05) is 7.11 Å². The van der Waals surface area contributed by atoms with Crippen molar-refractivity contribution in [1.29, 1.82) is 0 Å². The fourth-order valence-corrected chi connectivity index (χ4v) is 3.31. The molecule has 0 radical (unpaired) electrons. The summed E-state index contributed by atoms with van der Waals surface area (Å²) in [5, 5.41) is 3.27. The van der Waals surface area contributed by atoms with Gasteiger partial charge in [-0.2, -0.15) is 0 Å². The standard InChI is InChI=1S/C16H16F2N2O2S/c1-8-12(15(21)22-2)14(13-10(17)4-3-5-11(13)18)19-16(23)20(8)9-6-7-9/h3-5,9,14H,6-7H2,1-2H3,(H,19,23)/t14-/m1/s1. The van der Waals surface area contributed by atoms with Crippen molar-refractivity contribution >= 4 is 23.3 Å². The Balaban J connectivity index is 2.15. The number of methoxy groups -OCH3 is 1. The molecular formula is C16H16F2N2O2S. The van der Waals surface area contributed by atoms with Crippen LogP contribution in [0.2, 0.25) is 0 Å². The zero-order valence-corrected chi connectivity index (χ0v) is 13.5. The molecule has 2 aliphatic rings. The van der Waals surface area contributed by atoms with Crippen LogP contribution in [-0.4, -0.2) is 29.1 Å². The van der Waals surface area contributed by atoms with Crippen LogP contribution in [0.15, 0.2) is 29.5 Å². The molecule has 0 saturated heterocycles. The quantitative estimate of drug-likeness (QED) is 0.678. The molecule has 1 heterocycles. The molecule has 1 aromatic rings. The lowest BCUT2D eigenvalue weighted by Gasteiger charge is -2.37. The molecule has 0 spiro atoms. The van der Waals surface area contributed by atoms with E-state index < -0.39 is 23.6 Å². The van der Waals surface area contributed by atoms with E-state index >= 15 is 0 Å². The summed E-state index contributed by atoms with van der Waals surface area (Å²) in [6.45, 7) is 1.73. The average molecular weight is 338 g/mol. The van der Waals surface area contributed by atoms with Gasteiger partial charge in [0.2, 0.25) is 0 Å². The maximum atomic E-state index is 14.2. The lowest BCUT2D eigenvalue weighted by molar-refractivity contribution is -0.136. The molecule has 1 fully saturated rings. The summed E-state index contributed by atoms with van der Waals surface area (Å²) in [6.07, 6.45) is 1.93. The van der Waals surface area contributed by atoms with Gasteiger partial charge in [0.05, 0.1) is 24.3 Å². The molecule has 0 aromatic heterocycles. The molecule has 1 saturated carbocycles. The van der Waals surface area contributed by atoms with Crippen molar-refractivity contribution < 1.29 is 18.3 Å². The van der Waals surface area contributed by atoms with Crippen molar-refractivity contribution in [3.05, 3.63) is 46.7 Å². The number of thiocarbonyl (C=S) groups is 1. The van der Waals surface area contributed by atoms with Gasteiger partial charge in [-0.25, -0.2) is 13.6 Å². The van der Waals surface area contributed by atoms with Gasteiger partial charge in [-0.3, -0.25) is 0 Å². The molecule has 23 heavy (non-hydrogen) atoms. The highest BCUT2D eigenvalue weighted by atomic mass is 32.1. The number of allylic oxidation sites excluding steroid dienone is 1. The first-order chi connectivity index (χ1) is 11.0. The van der Waals surface area contributed by atoms with Gasteiger partial charge in [-0.15, -0.1) is 0 Å². The van der Waals surface area contributed by atoms with Crippen LogP contribution >= 0.6 is 12.2 Å². The molecule has 7 heteroatoms. The first-order valence-corrected chi connectivity index (χ1v) is 7.69. The monoisotopic (exact) mass is 338 g/mol. The zero-order chi connectivity index (χ0) is 16.7. The fourth-order valence-electron chi connectivity index (χ4n) is 2.91. The Morgan fingerprint density at radius 2 is 1.96 bits per heavy atom. The molecule has 0 bridgehead atoms. The normalized spacial score (nSPS) is 21.3. The number of nitrogens with one attached hydrogen (secondary N) is 1. The van der Waals surface area contributed by atoms with E-state index in [1.807, 2.05) is 4.90 Å². The molecule has 1 atom stereocenters. The molecule has 1 aliphatic heterocycles. The van der Waals surface area contributed by atoms with E-state index in [2.05, 4.69) is 5.32 Å². The topological polar surface area (TPSA) is 41.6 Å². The molecular weight excluding hydrogens is 322 g/mol. The predicted molar refractivity (Wildman–Crippen MR) is 84.4 cm³/mol. The number of halogens is 2. The van der Waals surface area contributed by atoms with Crippen molar-refractivity contribution in [2.45, 2.75) is 31.8 Å². The highest BCUT2D eigenvalue weighted by Crippen LogP contribution is 2.39. The highest BCUT2D eigenvalue weighted by Gasteiger charge is 2.42. The molecule has 1 aromatic carbocycles. The zero-order valence-electron chi connectivity index (χ0n) is 12.7. The summed E-state index contributed by atoms with van der Waals surface area (Å²) in [5.41, 5.74) is 0.526. The second-order valence-electron chi connectivity index (χ2n) is 5.61. The number of benzene rings is 1. The van der Waals surface area contributed by atoms with Gasteiger partial charge in [-0.05, 0) is 44.1 Å². The van der Waals surface area contributed by atoms with Gasteiger partial charge < -0.3 is 15.0 Å². The van der Waals surface area contributed by atoms with Crippen LogP contribution in [0.3, 0.4) is 0 Å². The molecule has 1 aliphatic carbocycles. The number of carbonyl (C=O) groups excluding carboxylic acids is 1. The Kier molecular flexibility index (Phi) is 4.06. The maximum Gasteiger partial charge on any atom is 0.337 e. The highest BCUT2D eigenvalue weighted by molar-refractivity contribution is 7.80. The largest absolute Gasteiger partial charge is 0.466 e. The Morgan fingerprint density at radius 1 is 1.35 bits per heavy atom. The van der Waals surface area contributed by atoms with E-state index in [9.17, 15) is 13.6 Å². The van der Waals surface area contributed by atoms with E-state index in [0.717, 1.165) is 25.0 Å². The SMILES string of the molecule is COC(=O)C1=C(C)N(C2CC2)C(=S)N[C@H]1c1c(F)cccc1F. The number of hydrogen-bond acceptors (Lipinski definition) is 3. The minimum absolute atomic E-state index is 0.178. The summed E-state index contributed by atoms with van der Waals surface area (Å²) in [5.74, 6) is -2.10. The third-order valence-corrected chi connectivity index (χ3v) is 4.45. The molecule has 1 N–H and O–H groups in total. The number of carbonyl (C=O) groups is 1. The van der Waals surface area contributed by atoms with E-state index in [0.29, 0.717) is 10.8 Å².